The highest BCUT2D eigenvalue weighted by molar-refractivity contribution is 5.25. The van der Waals surface area contributed by atoms with Crippen LogP contribution in [0.4, 0.5) is 0 Å². The van der Waals surface area contributed by atoms with Crippen LogP contribution in [-0.2, 0) is 12.8 Å². The highest BCUT2D eigenvalue weighted by Crippen LogP contribution is 2.13. The van der Waals surface area contributed by atoms with Gasteiger partial charge in [-0.05, 0) is 24.3 Å². The van der Waals surface area contributed by atoms with Gasteiger partial charge in [0.2, 0.25) is 0 Å². The molecule has 2 aromatic rings. The minimum absolute atomic E-state index is 0.849. The van der Waals surface area contributed by atoms with Crippen molar-refractivity contribution in [2.45, 2.75) is 12.8 Å². The van der Waals surface area contributed by atoms with E-state index in [0.29, 0.717) is 0 Å². The Labute approximate surface area is 82.7 Å². The second kappa shape index (κ2) is 2.91. The first-order valence-corrected chi connectivity index (χ1v) is 4.80. The van der Waals surface area contributed by atoms with Crippen molar-refractivity contribution in [2.75, 3.05) is 0 Å². The third-order valence-electron chi connectivity index (χ3n) is 2.45. The van der Waals surface area contributed by atoms with Crippen LogP contribution in [0.5, 0.6) is 0 Å². The van der Waals surface area contributed by atoms with E-state index in [1.807, 2.05) is 0 Å². The molecule has 1 aliphatic rings. The number of aromatic nitrogens is 2. The summed E-state index contributed by atoms with van der Waals surface area (Å²) in [5, 5.41) is 0. The van der Waals surface area contributed by atoms with E-state index in [0.717, 1.165) is 35.6 Å². The minimum Gasteiger partial charge on any atom is -0.257 e. The van der Waals surface area contributed by atoms with Crippen molar-refractivity contribution in [3.05, 3.63) is 59.2 Å². The fourth-order valence-electron chi connectivity index (χ4n) is 1.82. The Morgan fingerprint density at radius 3 is 1.36 bits per heavy atom. The van der Waals surface area contributed by atoms with Gasteiger partial charge in [-0.15, -0.1) is 0 Å². The van der Waals surface area contributed by atoms with Crippen LogP contribution in [0.2, 0.25) is 0 Å². The number of hydrogen-bond acceptors (Lipinski definition) is 2. The number of fused-ring (bicyclic) bond motifs is 4. The lowest BCUT2D eigenvalue weighted by Gasteiger charge is -2.09. The van der Waals surface area contributed by atoms with Crippen LogP contribution >= 0.6 is 0 Å². The molecule has 0 aliphatic carbocycles. The Bertz CT molecular complexity index is 397. The van der Waals surface area contributed by atoms with E-state index in [1.165, 1.54) is 0 Å². The van der Waals surface area contributed by atoms with Gasteiger partial charge in [0.1, 0.15) is 0 Å². The predicted octanol–water partition coefficient (Wildman–Crippen LogP) is 1.97. The van der Waals surface area contributed by atoms with Gasteiger partial charge in [-0.3, -0.25) is 9.97 Å². The predicted molar refractivity (Wildman–Crippen MR) is 54.1 cm³/mol. The Balaban J connectivity index is 2.17. The van der Waals surface area contributed by atoms with Crippen molar-refractivity contribution in [1.29, 1.82) is 0 Å². The van der Waals surface area contributed by atoms with Gasteiger partial charge in [-0.2, -0.15) is 0 Å². The summed E-state index contributed by atoms with van der Waals surface area (Å²) >= 11 is 0. The topological polar surface area (TPSA) is 25.8 Å². The molecule has 3 heterocycles. The Kier molecular flexibility index (Phi) is 1.60. The maximum absolute atomic E-state index is 4.56. The molecule has 14 heavy (non-hydrogen) atoms. The van der Waals surface area contributed by atoms with Gasteiger partial charge >= 0.3 is 0 Å². The number of pyridine rings is 2. The third-order valence-corrected chi connectivity index (χ3v) is 2.45. The zero-order chi connectivity index (χ0) is 9.38. The van der Waals surface area contributed by atoms with Gasteiger partial charge in [0, 0.05) is 35.6 Å². The summed E-state index contributed by atoms with van der Waals surface area (Å²) in [5.74, 6) is 0. The summed E-state index contributed by atoms with van der Waals surface area (Å²) in [6, 6.07) is 12.4. The zero-order valence-electron chi connectivity index (χ0n) is 7.77. The highest BCUT2D eigenvalue weighted by atomic mass is 14.8. The lowest BCUT2D eigenvalue weighted by Crippen LogP contribution is -2.05. The molecule has 0 radical (unpaired) electrons. The Hall–Kier alpha value is -1.70. The molecule has 0 atom stereocenters. The van der Waals surface area contributed by atoms with E-state index >= 15 is 0 Å². The third kappa shape index (κ3) is 1.29. The van der Waals surface area contributed by atoms with Crippen molar-refractivity contribution < 1.29 is 0 Å². The molecule has 0 saturated heterocycles. The van der Waals surface area contributed by atoms with E-state index in [1.54, 1.807) is 0 Å². The summed E-state index contributed by atoms with van der Waals surface area (Å²) < 4.78 is 0. The molecule has 0 saturated carbocycles. The SMILES string of the molecule is c1cc2nc(c1)Cc1cccc(n1)C2. The average molecular weight is 182 g/mol. The molecule has 1 aliphatic heterocycles. The van der Waals surface area contributed by atoms with Gasteiger partial charge in [0.15, 0.2) is 0 Å². The maximum atomic E-state index is 4.56. The van der Waals surface area contributed by atoms with Crippen LogP contribution in [0.15, 0.2) is 36.4 Å². The number of hydrogen-bond donors (Lipinski definition) is 0. The summed E-state index contributed by atoms with van der Waals surface area (Å²) in [6.07, 6.45) is 1.70. The molecule has 2 heteroatoms. The number of nitrogens with zero attached hydrogens (tertiary/aromatic N) is 2. The maximum Gasteiger partial charge on any atom is 0.0466 e. The first kappa shape index (κ1) is 7.68. The molecule has 0 unspecified atom stereocenters. The highest BCUT2D eigenvalue weighted by Gasteiger charge is 2.07. The second-order valence-electron chi connectivity index (χ2n) is 3.59. The zero-order valence-corrected chi connectivity index (χ0v) is 7.77. The molecule has 2 nitrogen and oxygen atoms in total. The molecule has 0 fully saturated rings. The van der Waals surface area contributed by atoms with E-state index in [-0.39, 0.29) is 0 Å². The molecule has 0 N–H and O–H groups in total. The molecular formula is C12H10N2. The van der Waals surface area contributed by atoms with Crippen molar-refractivity contribution in [2.24, 2.45) is 0 Å². The number of rotatable bonds is 0. The van der Waals surface area contributed by atoms with Crippen molar-refractivity contribution in [3.8, 4) is 0 Å². The van der Waals surface area contributed by atoms with Crippen LogP contribution in [0.25, 0.3) is 0 Å². The second-order valence-corrected chi connectivity index (χ2v) is 3.59. The summed E-state index contributed by atoms with van der Waals surface area (Å²) in [5.41, 5.74) is 4.47. The quantitative estimate of drug-likeness (QED) is 0.531. The van der Waals surface area contributed by atoms with E-state index in [2.05, 4.69) is 46.4 Å². The van der Waals surface area contributed by atoms with Crippen LogP contribution in [-0.4, -0.2) is 9.97 Å². The monoisotopic (exact) mass is 182 g/mol. The van der Waals surface area contributed by atoms with Gasteiger partial charge in [0.05, 0.1) is 0 Å². The molecular weight excluding hydrogens is 172 g/mol. The Morgan fingerprint density at radius 1 is 0.643 bits per heavy atom. The van der Waals surface area contributed by atoms with Gasteiger partial charge in [0.25, 0.3) is 0 Å². The first-order chi connectivity index (χ1) is 6.90. The van der Waals surface area contributed by atoms with E-state index in [4.69, 9.17) is 0 Å². The summed E-state index contributed by atoms with van der Waals surface area (Å²) in [6.45, 7) is 0. The van der Waals surface area contributed by atoms with Crippen LogP contribution in [0.3, 0.4) is 0 Å². The molecule has 2 aromatic heterocycles. The lowest BCUT2D eigenvalue weighted by atomic mass is 10.1. The smallest absolute Gasteiger partial charge is 0.0466 e. The van der Waals surface area contributed by atoms with Crippen LogP contribution < -0.4 is 0 Å². The lowest BCUT2D eigenvalue weighted by molar-refractivity contribution is 0.893. The summed E-state index contributed by atoms with van der Waals surface area (Å²) in [7, 11) is 0. The molecule has 4 bridgehead atoms. The molecule has 0 amide bonds. The van der Waals surface area contributed by atoms with Crippen LogP contribution in [0.1, 0.15) is 22.8 Å². The standard InChI is InChI=1S/C12H10N2/c1-3-9-7-11-5-2-6-12(14-11)8-10(4-1)13-9/h1-6H,7-8H2. The average Bonchev–Trinajstić information content (AvgIpc) is 2.17. The normalized spacial score (nSPS) is 13.1. The molecule has 3 rings (SSSR count). The van der Waals surface area contributed by atoms with Crippen molar-refractivity contribution in [1.82, 2.24) is 9.97 Å². The van der Waals surface area contributed by atoms with Crippen molar-refractivity contribution in [3.63, 3.8) is 0 Å². The van der Waals surface area contributed by atoms with E-state index in [9.17, 15) is 0 Å². The minimum atomic E-state index is 0.849. The van der Waals surface area contributed by atoms with Crippen molar-refractivity contribution >= 4 is 0 Å². The summed E-state index contributed by atoms with van der Waals surface area (Å²) in [4.78, 5) is 9.12. The fourth-order valence-corrected chi connectivity index (χ4v) is 1.82. The van der Waals surface area contributed by atoms with Gasteiger partial charge in [-0.25, -0.2) is 0 Å². The molecule has 0 spiro atoms. The molecule has 68 valence electrons. The first-order valence-electron chi connectivity index (χ1n) is 4.80. The van der Waals surface area contributed by atoms with Gasteiger partial charge < -0.3 is 0 Å². The van der Waals surface area contributed by atoms with Crippen LogP contribution in [0, 0.1) is 0 Å². The largest absolute Gasteiger partial charge is 0.257 e. The van der Waals surface area contributed by atoms with E-state index < -0.39 is 0 Å². The fraction of sp³-hybridized carbons (Fsp3) is 0.167. The van der Waals surface area contributed by atoms with Gasteiger partial charge in [-0.1, -0.05) is 12.1 Å². The Morgan fingerprint density at radius 2 is 1.00 bits per heavy atom. The molecule has 0 aromatic carbocycles.